The third-order valence-corrected chi connectivity index (χ3v) is 2.55. The van der Waals surface area contributed by atoms with E-state index in [2.05, 4.69) is 0 Å². The Morgan fingerprint density at radius 3 is 2.12 bits per heavy atom. The number of carbonyl (C=O) groups excluding carboxylic acids is 1. The van der Waals surface area contributed by atoms with E-state index in [1.165, 1.54) is 28.3 Å². The van der Waals surface area contributed by atoms with Gasteiger partial charge in [-0.25, -0.2) is 0 Å². The van der Waals surface area contributed by atoms with Crippen molar-refractivity contribution in [2.45, 2.75) is 12.8 Å². The zero-order chi connectivity index (χ0) is 13.0. The van der Waals surface area contributed by atoms with Gasteiger partial charge in [-0.05, 0) is 6.07 Å². The number of rotatable bonds is 5. The van der Waals surface area contributed by atoms with Crippen molar-refractivity contribution in [1.82, 2.24) is 0 Å². The molecule has 1 atom stereocenters. The third-order valence-electron chi connectivity index (χ3n) is 2.55. The maximum absolute atomic E-state index is 10.9. The van der Waals surface area contributed by atoms with E-state index in [1.807, 2.05) is 0 Å². The first-order valence-electron chi connectivity index (χ1n) is 5.06. The highest BCUT2D eigenvalue weighted by Crippen LogP contribution is 2.42. The van der Waals surface area contributed by atoms with Crippen LogP contribution in [0, 0.1) is 0 Å². The molecule has 94 valence electrons. The van der Waals surface area contributed by atoms with Gasteiger partial charge in [-0.3, -0.25) is 0 Å². The maximum atomic E-state index is 10.9. The summed E-state index contributed by atoms with van der Waals surface area (Å²) >= 11 is 0. The molecule has 0 aromatic heterocycles. The topological polar surface area (TPSA) is 67.8 Å². The van der Waals surface area contributed by atoms with Crippen molar-refractivity contribution in [3.8, 4) is 17.2 Å². The Balaban J connectivity index is 3.37. The number of ether oxygens (including phenoxy) is 3. The first-order chi connectivity index (χ1) is 8.06. The first kappa shape index (κ1) is 13.2. The lowest BCUT2D eigenvalue weighted by molar-refractivity contribution is -0.307. The minimum atomic E-state index is -1.17. The molecule has 0 N–H and O–H groups in total. The van der Waals surface area contributed by atoms with Gasteiger partial charge >= 0.3 is 0 Å². The third kappa shape index (κ3) is 2.43. The lowest BCUT2D eigenvalue weighted by Crippen LogP contribution is -2.28. The molecular weight excluding hydrogens is 224 g/mol. The number of hydrogen-bond donors (Lipinski definition) is 0. The molecule has 0 radical (unpaired) electrons. The molecule has 0 aliphatic rings. The van der Waals surface area contributed by atoms with Gasteiger partial charge in [0.15, 0.2) is 11.5 Å². The summed E-state index contributed by atoms with van der Waals surface area (Å²) in [7, 11) is 4.41. The fraction of sp³-hybridized carbons (Fsp3) is 0.417. The Morgan fingerprint density at radius 1 is 1.12 bits per heavy atom. The van der Waals surface area contributed by atoms with Crippen LogP contribution in [-0.4, -0.2) is 27.3 Å². The molecule has 1 aromatic rings. The summed E-state index contributed by atoms with van der Waals surface area (Å²) in [5.41, 5.74) is 0.491. The van der Waals surface area contributed by atoms with Crippen LogP contribution in [0.25, 0.3) is 0 Å². The minimum absolute atomic E-state index is 0.351. The monoisotopic (exact) mass is 239 g/mol. The second kappa shape index (κ2) is 5.43. The highest BCUT2D eigenvalue weighted by Gasteiger charge is 2.20. The lowest BCUT2D eigenvalue weighted by Gasteiger charge is -2.20. The molecule has 0 heterocycles. The number of hydrogen-bond acceptors (Lipinski definition) is 5. The summed E-state index contributed by atoms with van der Waals surface area (Å²) in [5, 5.41) is 10.9. The molecule has 0 spiro atoms. The largest absolute Gasteiger partial charge is 0.550 e. The Hall–Kier alpha value is -1.91. The van der Waals surface area contributed by atoms with Crippen LogP contribution >= 0.6 is 0 Å². The quantitative estimate of drug-likeness (QED) is 0.751. The van der Waals surface area contributed by atoms with Crippen LogP contribution in [0.4, 0.5) is 0 Å². The molecule has 1 aromatic carbocycles. The van der Waals surface area contributed by atoms with Crippen LogP contribution in [0.5, 0.6) is 17.2 Å². The number of methoxy groups -OCH3 is 3. The summed E-state index contributed by atoms with van der Waals surface area (Å²) in [4.78, 5) is 10.9. The lowest BCUT2D eigenvalue weighted by atomic mass is 9.99. The van der Waals surface area contributed by atoms with Gasteiger partial charge in [0.1, 0.15) is 0 Å². The first-order valence-corrected chi connectivity index (χ1v) is 5.06. The van der Waals surface area contributed by atoms with Gasteiger partial charge in [0.05, 0.1) is 21.3 Å². The predicted octanol–water partition coefficient (Wildman–Crippen LogP) is 0.566. The zero-order valence-corrected chi connectivity index (χ0v) is 10.3. The second-order valence-corrected chi connectivity index (χ2v) is 3.46. The molecule has 5 heteroatoms. The Bertz CT molecular complexity index is 414. The van der Waals surface area contributed by atoms with Crippen molar-refractivity contribution in [3.63, 3.8) is 0 Å². The van der Waals surface area contributed by atoms with Gasteiger partial charge in [0, 0.05) is 17.5 Å². The highest BCUT2D eigenvalue weighted by atomic mass is 16.5. The van der Waals surface area contributed by atoms with Gasteiger partial charge in [-0.1, -0.05) is 13.0 Å². The van der Waals surface area contributed by atoms with Crippen molar-refractivity contribution in [2.24, 2.45) is 0 Å². The van der Waals surface area contributed by atoms with E-state index in [0.717, 1.165) is 0 Å². The molecule has 0 amide bonds. The Labute approximate surface area is 99.9 Å². The number of carboxylic acids is 1. The molecule has 5 nitrogen and oxygen atoms in total. The van der Waals surface area contributed by atoms with Crippen LogP contribution in [0.2, 0.25) is 0 Å². The van der Waals surface area contributed by atoms with Gasteiger partial charge in [-0.2, -0.15) is 0 Å². The molecule has 0 aliphatic carbocycles. The van der Waals surface area contributed by atoms with Crippen LogP contribution in [-0.2, 0) is 4.79 Å². The average molecular weight is 239 g/mol. The van der Waals surface area contributed by atoms with Crippen molar-refractivity contribution in [2.75, 3.05) is 21.3 Å². The number of benzene rings is 1. The van der Waals surface area contributed by atoms with Crippen LogP contribution < -0.4 is 19.3 Å². The summed E-state index contributed by atoms with van der Waals surface area (Å²) in [6.07, 6.45) is 0. The van der Waals surface area contributed by atoms with Gasteiger partial charge < -0.3 is 24.1 Å². The zero-order valence-electron chi connectivity index (χ0n) is 10.3. The normalized spacial score (nSPS) is 11.8. The Morgan fingerprint density at radius 2 is 1.71 bits per heavy atom. The molecular formula is C12H15O5-. The fourth-order valence-corrected chi connectivity index (χ4v) is 1.59. The molecule has 1 rings (SSSR count). The molecule has 1 unspecified atom stereocenters. The molecule has 0 bridgehead atoms. The van der Waals surface area contributed by atoms with E-state index < -0.39 is 11.9 Å². The predicted molar refractivity (Wildman–Crippen MR) is 59.5 cm³/mol. The van der Waals surface area contributed by atoms with E-state index in [9.17, 15) is 9.90 Å². The van der Waals surface area contributed by atoms with Gasteiger partial charge in [-0.15, -0.1) is 0 Å². The summed E-state index contributed by atoms with van der Waals surface area (Å²) in [5.74, 6) is -0.747. The number of aliphatic carboxylic acids is 1. The van der Waals surface area contributed by atoms with Gasteiger partial charge in [0.25, 0.3) is 0 Å². The standard InChI is InChI=1S/C12H16O5/c1-7(12(13)14)8-5-6-9(15-2)11(17-4)10(8)16-3/h5-7H,1-4H3,(H,13,14)/p-1. The second-order valence-electron chi connectivity index (χ2n) is 3.46. The summed E-state index contributed by atoms with van der Waals surface area (Å²) in [6.45, 7) is 1.53. The molecule has 0 fully saturated rings. The van der Waals surface area contributed by atoms with Gasteiger partial charge in [0.2, 0.25) is 5.75 Å². The van der Waals surface area contributed by atoms with E-state index in [1.54, 1.807) is 12.1 Å². The molecule has 0 aliphatic heterocycles. The van der Waals surface area contributed by atoms with E-state index in [-0.39, 0.29) is 0 Å². The average Bonchev–Trinajstić information content (AvgIpc) is 2.35. The van der Waals surface area contributed by atoms with Crippen LogP contribution in [0.1, 0.15) is 18.4 Å². The van der Waals surface area contributed by atoms with Crippen LogP contribution in [0.3, 0.4) is 0 Å². The summed E-state index contributed by atoms with van der Waals surface area (Å²) < 4.78 is 15.5. The number of carboxylic acid groups (broad SMARTS) is 1. The van der Waals surface area contributed by atoms with Crippen molar-refractivity contribution >= 4 is 5.97 Å². The Kier molecular flexibility index (Phi) is 4.20. The minimum Gasteiger partial charge on any atom is -0.550 e. The van der Waals surface area contributed by atoms with E-state index in [0.29, 0.717) is 22.8 Å². The molecule has 0 saturated carbocycles. The number of carbonyl (C=O) groups is 1. The molecule has 0 saturated heterocycles. The van der Waals surface area contributed by atoms with E-state index in [4.69, 9.17) is 14.2 Å². The van der Waals surface area contributed by atoms with Crippen molar-refractivity contribution < 1.29 is 24.1 Å². The van der Waals surface area contributed by atoms with Crippen molar-refractivity contribution in [1.29, 1.82) is 0 Å². The van der Waals surface area contributed by atoms with Crippen LogP contribution in [0.15, 0.2) is 12.1 Å². The van der Waals surface area contributed by atoms with Crippen molar-refractivity contribution in [3.05, 3.63) is 17.7 Å². The fourth-order valence-electron chi connectivity index (χ4n) is 1.59. The molecule has 17 heavy (non-hydrogen) atoms. The summed E-state index contributed by atoms with van der Waals surface area (Å²) in [6, 6.07) is 3.26. The smallest absolute Gasteiger partial charge is 0.203 e. The van der Waals surface area contributed by atoms with E-state index >= 15 is 0 Å². The highest BCUT2D eigenvalue weighted by molar-refractivity contribution is 5.76. The maximum Gasteiger partial charge on any atom is 0.203 e. The SMILES string of the molecule is COc1ccc(C(C)C(=O)[O-])c(OC)c1OC.